The second-order valence-electron chi connectivity index (χ2n) is 9.15. The van der Waals surface area contributed by atoms with Crippen LogP contribution in [0, 0.1) is 5.82 Å². The van der Waals surface area contributed by atoms with Crippen molar-refractivity contribution in [3.8, 4) is 0 Å². The van der Waals surface area contributed by atoms with Gasteiger partial charge in [0.25, 0.3) is 0 Å². The van der Waals surface area contributed by atoms with Crippen LogP contribution in [0.4, 0.5) is 10.1 Å². The zero-order valence-electron chi connectivity index (χ0n) is 20.4. The van der Waals surface area contributed by atoms with Gasteiger partial charge < -0.3 is 10.6 Å². The minimum atomic E-state index is -0.917. The van der Waals surface area contributed by atoms with E-state index >= 15 is 0 Å². The summed E-state index contributed by atoms with van der Waals surface area (Å²) in [5, 5.41) is 6.34. The lowest BCUT2D eigenvalue weighted by atomic mass is 9.94. The zero-order chi connectivity index (χ0) is 25.2. The van der Waals surface area contributed by atoms with Gasteiger partial charge in [-0.1, -0.05) is 61.7 Å². The number of carbonyl (C=O) groups is 2. The predicted octanol–water partition coefficient (Wildman–Crippen LogP) is 4.82. The van der Waals surface area contributed by atoms with Crippen LogP contribution in [0.25, 0.3) is 0 Å². The van der Waals surface area contributed by atoms with Gasteiger partial charge in [0, 0.05) is 38.0 Å². The molecule has 0 aliphatic heterocycles. The Balaban J connectivity index is 0.00000380. The molecular formula is C29H35FN4O2. The summed E-state index contributed by atoms with van der Waals surface area (Å²) in [4.78, 5) is 33.1. The maximum absolute atomic E-state index is 14.3. The van der Waals surface area contributed by atoms with Crippen molar-refractivity contribution in [2.75, 3.05) is 18.0 Å². The second kappa shape index (κ2) is 12.9. The van der Waals surface area contributed by atoms with Crippen molar-refractivity contribution in [3.05, 3.63) is 96.1 Å². The Hall–Kier alpha value is -3.58. The van der Waals surface area contributed by atoms with Crippen LogP contribution >= 0.6 is 0 Å². The second-order valence-corrected chi connectivity index (χ2v) is 9.15. The Labute approximate surface area is 213 Å². The van der Waals surface area contributed by atoms with Crippen LogP contribution in [0.2, 0.25) is 0 Å². The van der Waals surface area contributed by atoms with Gasteiger partial charge in [0.15, 0.2) is 0 Å². The van der Waals surface area contributed by atoms with E-state index in [1.807, 2.05) is 48.5 Å². The van der Waals surface area contributed by atoms with Gasteiger partial charge in [0.2, 0.25) is 11.8 Å². The number of benzene rings is 2. The highest BCUT2D eigenvalue weighted by Gasteiger charge is 2.34. The summed E-state index contributed by atoms with van der Waals surface area (Å²) < 4.78 is 14.3. The molecule has 0 bridgehead atoms. The van der Waals surface area contributed by atoms with Crippen molar-refractivity contribution in [2.45, 2.75) is 50.6 Å². The number of anilines is 1. The normalized spacial score (nSPS) is 14.7. The first-order valence-corrected chi connectivity index (χ1v) is 12.7. The highest BCUT2D eigenvalue weighted by atomic mass is 19.1. The van der Waals surface area contributed by atoms with E-state index in [0.717, 1.165) is 31.4 Å². The van der Waals surface area contributed by atoms with Crippen LogP contribution in [0.3, 0.4) is 0 Å². The molecule has 3 aromatic rings. The van der Waals surface area contributed by atoms with Gasteiger partial charge in [-0.2, -0.15) is 0 Å². The molecule has 1 unspecified atom stereocenters. The molecule has 1 atom stereocenters. The quantitative estimate of drug-likeness (QED) is 0.400. The Morgan fingerprint density at radius 1 is 1.00 bits per heavy atom. The van der Waals surface area contributed by atoms with Gasteiger partial charge >= 0.3 is 0 Å². The largest absolute Gasteiger partial charge is 0.351 e. The number of rotatable bonds is 10. The third kappa shape index (κ3) is 6.98. The number of nitrogens with one attached hydrogen (secondary N) is 2. The molecule has 190 valence electrons. The molecule has 1 fully saturated rings. The molecule has 1 aromatic heterocycles. The number of amides is 2. The summed E-state index contributed by atoms with van der Waals surface area (Å²) in [6.45, 7) is 0.549. The molecular weight excluding hydrogens is 455 g/mol. The molecule has 0 spiro atoms. The van der Waals surface area contributed by atoms with Crippen LogP contribution < -0.4 is 15.5 Å². The molecule has 7 heteroatoms. The van der Waals surface area contributed by atoms with Crippen molar-refractivity contribution >= 4 is 17.5 Å². The van der Waals surface area contributed by atoms with E-state index in [4.69, 9.17) is 0 Å². The van der Waals surface area contributed by atoms with E-state index in [9.17, 15) is 14.0 Å². The van der Waals surface area contributed by atoms with Crippen LogP contribution in [0.5, 0.6) is 0 Å². The van der Waals surface area contributed by atoms with Gasteiger partial charge in [0.05, 0.1) is 6.54 Å². The number of pyridine rings is 1. The van der Waals surface area contributed by atoms with E-state index in [-0.39, 0.29) is 25.8 Å². The average Bonchev–Trinajstić information content (AvgIpc) is 2.91. The van der Waals surface area contributed by atoms with E-state index in [1.165, 1.54) is 23.5 Å². The monoisotopic (exact) mass is 490 g/mol. The SMILES string of the molecule is O=C(NC1CCCCC1)C(c1ccccc1)N(C(=O)CNCCc1ccccn1)c1cccc(F)c1.[HH]. The van der Waals surface area contributed by atoms with Crippen molar-refractivity contribution in [2.24, 2.45) is 0 Å². The Kier molecular flexibility index (Phi) is 9.16. The van der Waals surface area contributed by atoms with Gasteiger partial charge in [-0.25, -0.2) is 4.39 Å². The molecule has 2 N–H and O–H groups in total. The number of nitrogens with zero attached hydrogens (tertiary/aromatic N) is 2. The lowest BCUT2D eigenvalue weighted by molar-refractivity contribution is -0.127. The number of carbonyl (C=O) groups excluding carboxylic acids is 2. The minimum absolute atomic E-state index is 0. The number of halogens is 1. The minimum Gasteiger partial charge on any atom is -0.351 e. The molecule has 0 radical (unpaired) electrons. The molecule has 36 heavy (non-hydrogen) atoms. The van der Waals surface area contributed by atoms with Gasteiger partial charge in [0.1, 0.15) is 11.9 Å². The smallest absolute Gasteiger partial charge is 0.248 e. The van der Waals surface area contributed by atoms with Gasteiger partial charge in [-0.3, -0.25) is 19.5 Å². The number of hydrogen-bond donors (Lipinski definition) is 2. The first-order chi connectivity index (χ1) is 17.6. The summed E-state index contributed by atoms with van der Waals surface area (Å²) in [6.07, 6.45) is 7.58. The summed E-state index contributed by atoms with van der Waals surface area (Å²) in [5.41, 5.74) is 1.95. The topological polar surface area (TPSA) is 74.3 Å². The van der Waals surface area contributed by atoms with E-state index in [2.05, 4.69) is 15.6 Å². The van der Waals surface area contributed by atoms with Crippen molar-refractivity contribution in [3.63, 3.8) is 0 Å². The summed E-state index contributed by atoms with van der Waals surface area (Å²) >= 11 is 0. The van der Waals surface area contributed by atoms with Crippen LogP contribution in [-0.4, -0.2) is 35.9 Å². The zero-order valence-corrected chi connectivity index (χ0v) is 20.4. The van der Waals surface area contributed by atoms with E-state index in [0.29, 0.717) is 24.2 Å². The maximum Gasteiger partial charge on any atom is 0.248 e. The summed E-state index contributed by atoms with van der Waals surface area (Å²) in [6, 6.07) is 20.0. The third-order valence-electron chi connectivity index (χ3n) is 6.49. The molecule has 1 heterocycles. The average molecular weight is 491 g/mol. The molecule has 4 rings (SSSR count). The molecule has 1 saturated carbocycles. The van der Waals surface area contributed by atoms with Crippen molar-refractivity contribution in [1.29, 1.82) is 0 Å². The Morgan fingerprint density at radius 3 is 2.50 bits per heavy atom. The Bertz CT molecular complexity index is 1130. The lowest BCUT2D eigenvalue weighted by Crippen LogP contribution is -2.49. The molecule has 2 aromatic carbocycles. The first-order valence-electron chi connectivity index (χ1n) is 12.7. The maximum atomic E-state index is 14.3. The molecule has 1 aliphatic rings. The predicted molar refractivity (Wildman–Crippen MR) is 141 cm³/mol. The lowest BCUT2D eigenvalue weighted by Gasteiger charge is -2.33. The van der Waals surface area contributed by atoms with E-state index in [1.54, 1.807) is 18.3 Å². The number of aromatic nitrogens is 1. The van der Waals surface area contributed by atoms with Crippen molar-refractivity contribution < 1.29 is 15.4 Å². The third-order valence-corrected chi connectivity index (χ3v) is 6.49. The highest BCUT2D eigenvalue weighted by Crippen LogP contribution is 2.29. The molecule has 0 saturated heterocycles. The van der Waals surface area contributed by atoms with Crippen LogP contribution in [0.15, 0.2) is 79.0 Å². The molecule has 2 amide bonds. The van der Waals surface area contributed by atoms with Crippen molar-refractivity contribution in [1.82, 2.24) is 15.6 Å². The standard InChI is InChI=1S/C29H33FN4O2.H2/c30-23-12-9-16-26(20-23)34(27(35)21-31-19-17-24-13-7-8-18-32-24)28(22-10-3-1-4-11-22)29(36)33-25-14-5-2-6-15-25;/h1,3-4,7-13,16,18,20,25,28,31H,2,5-6,14-15,17,19,21H2,(H,33,36);1H. The molecule has 6 nitrogen and oxygen atoms in total. The van der Waals surface area contributed by atoms with Gasteiger partial charge in [-0.15, -0.1) is 0 Å². The van der Waals surface area contributed by atoms with Crippen LogP contribution in [0.1, 0.15) is 50.8 Å². The fourth-order valence-electron chi connectivity index (χ4n) is 4.69. The summed E-state index contributed by atoms with van der Waals surface area (Å²) in [7, 11) is 0. The fourth-order valence-corrected chi connectivity index (χ4v) is 4.69. The van der Waals surface area contributed by atoms with E-state index < -0.39 is 11.9 Å². The first kappa shape index (κ1) is 25.5. The fraction of sp³-hybridized carbons (Fsp3) is 0.345. The highest BCUT2D eigenvalue weighted by molar-refractivity contribution is 6.02. The molecule has 1 aliphatic carbocycles. The Morgan fingerprint density at radius 2 is 1.78 bits per heavy atom. The van der Waals surface area contributed by atoms with Gasteiger partial charge in [-0.05, 0) is 48.7 Å². The van der Waals surface area contributed by atoms with Crippen LogP contribution in [-0.2, 0) is 16.0 Å². The summed E-state index contributed by atoms with van der Waals surface area (Å²) in [5.74, 6) is -1.03. The number of hydrogen-bond acceptors (Lipinski definition) is 4.